The zero-order valence-electron chi connectivity index (χ0n) is 17.0. The van der Waals surface area contributed by atoms with Gasteiger partial charge in [-0.3, -0.25) is 9.10 Å². The lowest BCUT2D eigenvalue weighted by atomic mass is 10.0. The fourth-order valence-electron chi connectivity index (χ4n) is 3.03. The summed E-state index contributed by atoms with van der Waals surface area (Å²) in [6.45, 7) is 3.90. The zero-order valence-corrected chi connectivity index (χ0v) is 17.8. The minimum absolute atomic E-state index is 0.0252. The van der Waals surface area contributed by atoms with Gasteiger partial charge in [0.2, 0.25) is 15.9 Å². The monoisotopic (exact) mass is 442 g/mol. The minimum Gasteiger partial charge on any atom is -0.326 e. The van der Waals surface area contributed by atoms with Crippen molar-refractivity contribution in [1.29, 1.82) is 0 Å². The molecule has 9 heteroatoms. The van der Waals surface area contributed by atoms with Crippen LogP contribution in [0.25, 0.3) is 0 Å². The normalized spacial score (nSPS) is 12.1. The summed E-state index contributed by atoms with van der Waals surface area (Å²) in [5, 5.41) is 2.82. The van der Waals surface area contributed by atoms with E-state index in [2.05, 4.69) is 5.32 Å². The maximum atomic E-state index is 13.0. The molecule has 2 aromatic carbocycles. The molecule has 164 valence electrons. The van der Waals surface area contributed by atoms with Crippen LogP contribution in [0.4, 0.5) is 24.5 Å². The number of carbonyl (C=O) groups excluding carboxylic acids is 1. The van der Waals surface area contributed by atoms with Gasteiger partial charge >= 0.3 is 6.18 Å². The van der Waals surface area contributed by atoms with Gasteiger partial charge in [-0.25, -0.2) is 8.42 Å². The van der Waals surface area contributed by atoms with Crippen molar-refractivity contribution >= 4 is 27.3 Å². The van der Waals surface area contributed by atoms with Crippen molar-refractivity contribution < 1.29 is 26.4 Å². The number of sulfonamides is 1. The van der Waals surface area contributed by atoms with Gasteiger partial charge in [0.1, 0.15) is 0 Å². The van der Waals surface area contributed by atoms with Crippen LogP contribution in [0.3, 0.4) is 0 Å². The van der Waals surface area contributed by atoms with Crippen molar-refractivity contribution in [2.24, 2.45) is 0 Å². The first kappa shape index (κ1) is 23.7. The molecular formula is C21H25F3N2O3S. The molecule has 0 heterocycles. The molecule has 30 heavy (non-hydrogen) atoms. The number of anilines is 2. The van der Waals surface area contributed by atoms with E-state index >= 15 is 0 Å². The van der Waals surface area contributed by atoms with Crippen LogP contribution >= 0.6 is 0 Å². The lowest BCUT2D eigenvalue weighted by Crippen LogP contribution is -2.31. The molecule has 0 bridgehead atoms. The highest BCUT2D eigenvalue weighted by Crippen LogP contribution is 2.32. The molecule has 5 nitrogen and oxygen atoms in total. The summed E-state index contributed by atoms with van der Waals surface area (Å²) >= 11 is 0. The number of nitrogens with zero attached hydrogens (tertiary/aromatic N) is 1. The van der Waals surface area contributed by atoms with E-state index in [9.17, 15) is 26.4 Å². The zero-order chi connectivity index (χ0) is 22.5. The number of para-hydroxylation sites is 1. The van der Waals surface area contributed by atoms with Crippen LogP contribution < -0.4 is 9.62 Å². The SMILES string of the molecule is CC(C)c1ccccc1NC(=O)CCCN(c1cccc(C(F)(F)F)c1)S(C)(=O)=O. The lowest BCUT2D eigenvalue weighted by molar-refractivity contribution is -0.137. The van der Waals surface area contributed by atoms with Gasteiger partial charge < -0.3 is 5.32 Å². The Bertz CT molecular complexity index is 989. The number of hydrogen-bond acceptors (Lipinski definition) is 3. The molecule has 0 atom stereocenters. The highest BCUT2D eigenvalue weighted by molar-refractivity contribution is 7.92. The summed E-state index contributed by atoms with van der Waals surface area (Å²) in [4.78, 5) is 12.3. The second-order valence-electron chi connectivity index (χ2n) is 7.28. The Morgan fingerprint density at radius 1 is 1.10 bits per heavy atom. The standard InChI is InChI=1S/C21H25F3N2O3S/c1-15(2)18-10-4-5-11-19(18)25-20(27)12-7-13-26(30(3,28)29)17-9-6-8-16(14-17)21(22,23)24/h4-6,8-11,14-15H,7,12-13H2,1-3H3,(H,25,27). The van der Waals surface area contributed by atoms with Gasteiger partial charge in [-0.05, 0) is 42.2 Å². The molecule has 0 aromatic heterocycles. The van der Waals surface area contributed by atoms with Gasteiger partial charge in [0, 0.05) is 18.7 Å². The highest BCUT2D eigenvalue weighted by atomic mass is 32.2. The van der Waals surface area contributed by atoms with E-state index in [0.717, 1.165) is 34.3 Å². The van der Waals surface area contributed by atoms with Gasteiger partial charge in [0.25, 0.3) is 0 Å². The molecule has 0 aliphatic heterocycles. The first-order chi connectivity index (χ1) is 13.9. The number of carbonyl (C=O) groups is 1. The molecule has 0 fully saturated rings. The first-order valence-corrected chi connectivity index (χ1v) is 11.3. The summed E-state index contributed by atoms with van der Waals surface area (Å²) in [6.07, 6.45) is -3.48. The molecule has 2 aromatic rings. The Balaban J connectivity index is 2.07. The molecule has 0 aliphatic rings. The van der Waals surface area contributed by atoms with Crippen molar-refractivity contribution in [2.75, 3.05) is 22.4 Å². The maximum Gasteiger partial charge on any atom is 0.416 e. The van der Waals surface area contributed by atoms with Gasteiger partial charge in [0.15, 0.2) is 0 Å². The molecule has 2 rings (SSSR count). The Hall–Kier alpha value is -2.55. The predicted octanol–water partition coefficient (Wildman–Crippen LogP) is 5.01. The third kappa shape index (κ3) is 6.48. The van der Waals surface area contributed by atoms with E-state index < -0.39 is 21.8 Å². The van der Waals surface area contributed by atoms with E-state index in [4.69, 9.17) is 0 Å². The van der Waals surface area contributed by atoms with Crippen molar-refractivity contribution in [2.45, 2.75) is 38.8 Å². The molecule has 0 unspecified atom stereocenters. The van der Waals surface area contributed by atoms with Crippen LogP contribution in [-0.4, -0.2) is 27.1 Å². The van der Waals surface area contributed by atoms with Crippen LogP contribution in [0.5, 0.6) is 0 Å². The van der Waals surface area contributed by atoms with Gasteiger partial charge in [0.05, 0.1) is 17.5 Å². The van der Waals surface area contributed by atoms with Crippen LogP contribution in [0.2, 0.25) is 0 Å². The van der Waals surface area contributed by atoms with Crippen LogP contribution in [0.1, 0.15) is 43.7 Å². The Labute approximate surface area is 175 Å². The van der Waals surface area contributed by atoms with Crippen molar-refractivity contribution in [3.63, 3.8) is 0 Å². The van der Waals surface area contributed by atoms with Crippen molar-refractivity contribution in [1.82, 2.24) is 0 Å². The smallest absolute Gasteiger partial charge is 0.326 e. The highest BCUT2D eigenvalue weighted by Gasteiger charge is 2.31. The van der Waals surface area contributed by atoms with Crippen LogP contribution in [-0.2, 0) is 21.0 Å². The van der Waals surface area contributed by atoms with Crippen LogP contribution in [0, 0.1) is 0 Å². The third-order valence-corrected chi connectivity index (χ3v) is 5.68. The van der Waals surface area contributed by atoms with Gasteiger partial charge in [-0.2, -0.15) is 13.2 Å². The average Bonchev–Trinajstić information content (AvgIpc) is 2.64. The Kier molecular flexibility index (Phi) is 7.52. The lowest BCUT2D eigenvalue weighted by Gasteiger charge is -2.23. The Morgan fingerprint density at radius 3 is 2.37 bits per heavy atom. The maximum absolute atomic E-state index is 13.0. The fourth-order valence-corrected chi connectivity index (χ4v) is 3.99. The molecule has 1 amide bonds. The number of hydrogen-bond donors (Lipinski definition) is 1. The number of nitrogens with one attached hydrogen (secondary N) is 1. The number of benzene rings is 2. The predicted molar refractivity (Wildman–Crippen MR) is 112 cm³/mol. The van der Waals surface area contributed by atoms with E-state index in [-0.39, 0.29) is 36.9 Å². The third-order valence-electron chi connectivity index (χ3n) is 4.48. The molecule has 1 N–H and O–H groups in total. The molecule has 0 spiro atoms. The molecule has 0 aliphatic carbocycles. The van der Waals surface area contributed by atoms with E-state index in [0.29, 0.717) is 5.69 Å². The van der Waals surface area contributed by atoms with E-state index in [1.54, 1.807) is 12.1 Å². The summed E-state index contributed by atoms with van der Waals surface area (Å²) in [6, 6.07) is 11.5. The van der Waals surface area contributed by atoms with Gasteiger partial charge in [-0.1, -0.05) is 38.1 Å². The van der Waals surface area contributed by atoms with Crippen molar-refractivity contribution in [3.05, 3.63) is 59.7 Å². The van der Waals surface area contributed by atoms with E-state index in [1.165, 1.54) is 6.07 Å². The largest absolute Gasteiger partial charge is 0.416 e. The summed E-state index contributed by atoms with van der Waals surface area (Å²) in [5.74, 6) is -0.0799. The second-order valence-corrected chi connectivity index (χ2v) is 9.18. The van der Waals surface area contributed by atoms with Gasteiger partial charge in [-0.15, -0.1) is 0 Å². The summed E-state index contributed by atoms with van der Waals surface area (Å²) < 4.78 is 64.0. The second kappa shape index (κ2) is 9.51. The number of halogens is 3. The topological polar surface area (TPSA) is 66.5 Å². The quantitative estimate of drug-likeness (QED) is 0.625. The minimum atomic E-state index is -4.58. The number of rotatable bonds is 8. The number of amides is 1. The first-order valence-electron chi connectivity index (χ1n) is 9.43. The summed E-state index contributed by atoms with van der Waals surface area (Å²) in [7, 11) is -3.82. The molecule has 0 saturated carbocycles. The number of alkyl halides is 3. The molecular weight excluding hydrogens is 417 g/mol. The van der Waals surface area contributed by atoms with Crippen LogP contribution in [0.15, 0.2) is 48.5 Å². The molecule has 0 radical (unpaired) electrons. The van der Waals surface area contributed by atoms with Crippen molar-refractivity contribution in [3.8, 4) is 0 Å². The summed E-state index contributed by atoms with van der Waals surface area (Å²) in [5.41, 5.74) is 0.650. The average molecular weight is 443 g/mol. The fraction of sp³-hybridized carbons (Fsp3) is 0.381. The Morgan fingerprint density at radius 2 is 1.77 bits per heavy atom. The van der Waals surface area contributed by atoms with E-state index in [1.807, 2.05) is 26.0 Å². The molecule has 0 saturated heterocycles.